The van der Waals surface area contributed by atoms with Gasteiger partial charge in [0.05, 0.1) is 12.1 Å². The first-order valence-electron chi connectivity index (χ1n) is 9.91. The molecule has 1 saturated heterocycles. The highest BCUT2D eigenvalue weighted by Crippen LogP contribution is 2.16. The van der Waals surface area contributed by atoms with E-state index in [1.165, 1.54) is 4.90 Å². The van der Waals surface area contributed by atoms with Gasteiger partial charge in [-0.05, 0) is 36.8 Å². The van der Waals surface area contributed by atoms with E-state index in [4.69, 9.17) is 5.73 Å². The molecule has 1 heterocycles. The smallest absolute Gasteiger partial charge is 0.325 e. The van der Waals surface area contributed by atoms with Gasteiger partial charge in [-0.15, -0.1) is 0 Å². The van der Waals surface area contributed by atoms with Crippen molar-refractivity contribution in [1.29, 1.82) is 0 Å². The molecule has 0 radical (unpaired) electrons. The summed E-state index contributed by atoms with van der Waals surface area (Å²) in [5, 5.41) is 5.60. The van der Waals surface area contributed by atoms with Crippen LogP contribution in [0.2, 0.25) is 0 Å². The summed E-state index contributed by atoms with van der Waals surface area (Å²) in [7, 11) is 0. The Balaban J connectivity index is 1.91. The molecule has 1 aliphatic rings. The van der Waals surface area contributed by atoms with E-state index in [0.29, 0.717) is 25.3 Å². The number of hydrogen-bond acceptors (Lipinski definition) is 4. The zero-order valence-corrected chi connectivity index (χ0v) is 17.2. The second-order valence-corrected chi connectivity index (χ2v) is 8.23. The van der Waals surface area contributed by atoms with Crippen molar-refractivity contribution in [2.75, 3.05) is 0 Å². The molecule has 7 heteroatoms. The second kappa shape index (κ2) is 9.19. The Morgan fingerprint density at radius 2 is 1.86 bits per heavy atom. The molecule has 1 unspecified atom stereocenters. The minimum atomic E-state index is -0.896. The lowest BCUT2D eigenvalue weighted by Gasteiger charge is -2.25. The summed E-state index contributed by atoms with van der Waals surface area (Å²) in [5.74, 6) is -0.00962. The Morgan fingerprint density at radius 1 is 1.25 bits per heavy atom. The third-order valence-corrected chi connectivity index (χ3v) is 4.85. The minimum Gasteiger partial charge on any atom is -0.350 e. The van der Waals surface area contributed by atoms with E-state index >= 15 is 0 Å². The van der Waals surface area contributed by atoms with E-state index < -0.39 is 11.6 Å². The first-order chi connectivity index (χ1) is 13.1. The number of urea groups is 1. The number of imide groups is 1. The van der Waals surface area contributed by atoms with Gasteiger partial charge in [0.25, 0.3) is 5.91 Å². The normalized spacial score (nSPS) is 18.9. The highest BCUT2D eigenvalue weighted by atomic mass is 16.2. The van der Waals surface area contributed by atoms with Crippen LogP contribution in [0.25, 0.3) is 0 Å². The molecule has 7 nitrogen and oxygen atoms in total. The summed E-state index contributed by atoms with van der Waals surface area (Å²) in [6.45, 7) is 8.42. The number of amides is 4. The van der Waals surface area contributed by atoms with Gasteiger partial charge in [0.1, 0.15) is 6.04 Å². The first kappa shape index (κ1) is 21.9. The highest BCUT2D eigenvalue weighted by molar-refractivity contribution is 6.04. The summed E-state index contributed by atoms with van der Waals surface area (Å²) in [6.07, 6.45) is 2.10. The van der Waals surface area contributed by atoms with Crippen molar-refractivity contribution in [3.8, 4) is 0 Å². The van der Waals surface area contributed by atoms with E-state index in [2.05, 4.69) is 10.6 Å². The lowest BCUT2D eigenvalue weighted by Crippen LogP contribution is -2.52. The lowest BCUT2D eigenvalue weighted by molar-refractivity contribution is -0.128. The maximum absolute atomic E-state index is 12.3. The van der Waals surface area contributed by atoms with E-state index in [0.717, 1.165) is 17.5 Å². The van der Waals surface area contributed by atoms with E-state index in [1.54, 1.807) is 6.92 Å². The minimum absolute atomic E-state index is 0.171. The van der Waals surface area contributed by atoms with E-state index in [1.807, 2.05) is 45.0 Å². The third-order valence-electron chi connectivity index (χ3n) is 4.85. The first-order valence-corrected chi connectivity index (χ1v) is 9.91. The van der Waals surface area contributed by atoms with Crippen LogP contribution in [0.1, 0.15) is 58.1 Å². The standard InChI is InChI=1S/C21H32N4O3/c1-5-6-17-18(26)25(20(28)24-17)13-16-9-7-15(8-10-16)12-23-19(27)21(4,22)11-14(2)3/h7-10,14,17H,5-6,11-13,22H2,1-4H3,(H,23,27)(H,24,28)/t17-,21?/m0/s1. The molecule has 1 aromatic rings. The number of hydrogen-bond donors (Lipinski definition) is 3. The van der Waals surface area contributed by atoms with Crippen LogP contribution in [-0.4, -0.2) is 34.3 Å². The molecule has 1 aliphatic heterocycles. The second-order valence-electron chi connectivity index (χ2n) is 8.23. The quantitative estimate of drug-likeness (QED) is 0.565. The Labute approximate surface area is 167 Å². The monoisotopic (exact) mass is 388 g/mol. The zero-order valence-electron chi connectivity index (χ0n) is 17.2. The summed E-state index contributed by atoms with van der Waals surface area (Å²) < 4.78 is 0. The fourth-order valence-corrected chi connectivity index (χ4v) is 3.48. The zero-order chi connectivity index (χ0) is 20.9. The largest absolute Gasteiger partial charge is 0.350 e. The van der Waals surface area contributed by atoms with Crippen molar-refractivity contribution < 1.29 is 14.4 Å². The van der Waals surface area contributed by atoms with Gasteiger partial charge in [0.2, 0.25) is 5.91 Å². The number of nitrogens with two attached hydrogens (primary N) is 1. The van der Waals surface area contributed by atoms with Gasteiger partial charge in [0, 0.05) is 6.54 Å². The number of carbonyl (C=O) groups excluding carboxylic acids is 3. The van der Waals surface area contributed by atoms with Gasteiger partial charge in [-0.25, -0.2) is 4.79 Å². The molecule has 2 rings (SSSR count). The van der Waals surface area contributed by atoms with E-state index in [9.17, 15) is 14.4 Å². The highest BCUT2D eigenvalue weighted by Gasteiger charge is 2.37. The van der Waals surface area contributed by atoms with Crippen LogP contribution < -0.4 is 16.4 Å². The predicted octanol–water partition coefficient (Wildman–Crippen LogP) is 2.29. The van der Waals surface area contributed by atoms with Crippen molar-refractivity contribution >= 4 is 17.8 Å². The van der Waals surface area contributed by atoms with Crippen LogP contribution in [-0.2, 0) is 22.7 Å². The van der Waals surface area contributed by atoms with Gasteiger partial charge in [-0.3, -0.25) is 14.5 Å². The molecule has 1 aromatic carbocycles. The van der Waals surface area contributed by atoms with Crippen LogP contribution in [0.3, 0.4) is 0 Å². The average Bonchev–Trinajstić information content (AvgIpc) is 2.87. The molecular weight excluding hydrogens is 356 g/mol. The molecule has 0 aromatic heterocycles. The van der Waals surface area contributed by atoms with Crippen molar-refractivity contribution in [2.24, 2.45) is 11.7 Å². The van der Waals surface area contributed by atoms with Gasteiger partial charge < -0.3 is 16.4 Å². The SMILES string of the molecule is CCC[C@@H]1NC(=O)N(Cc2ccc(CNC(=O)C(C)(N)CC(C)C)cc2)C1=O. The number of nitrogens with one attached hydrogen (secondary N) is 2. The Bertz CT molecular complexity index is 713. The Morgan fingerprint density at radius 3 is 2.43 bits per heavy atom. The summed E-state index contributed by atoms with van der Waals surface area (Å²) >= 11 is 0. The molecule has 0 spiro atoms. The molecule has 2 atom stereocenters. The average molecular weight is 389 g/mol. The van der Waals surface area contributed by atoms with Crippen LogP contribution in [0.5, 0.6) is 0 Å². The maximum Gasteiger partial charge on any atom is 0.325 e. The summed E-state index contributed by atoms with van der Waals surface area (Å²) in [5.41, 5.74) is 7.01. The van der Waals surface area contributed by atoms with Crippen molar-refractivity contribution in [3.05, 3.63) is 35.4 Å². The fourth-order valence-electron chi connectivity index (χ4n) is 3.48. The van der Waals surface area contributed by atoms with Crippen LogP contribution >= 0.6 is 0 Å². The van der Waals surface area contributed by atoms with Crippen molar-refractivity contribution in [3.63, 3.8) is 0 Å². The lowest BCUT2D eigenvalue weighted by atomic mass is 9.91. The van der Waals surface area contributed by atoms with Crippen LogP contribution in [0, 0.1) is 5.92 Å². The van der Waals surface area contributed by atoms with Crippen LogP contribution in [0.15, 0.2) is 24.3 Å². The topological polar surface area (TPSA) is 105 Å². The maximum atomic E-state index is 12.3. The molecule has 0 aliphatic carbocycles. The van der Waals surface area contributed by atoms with Gasteiger partial charge in [0.15, 0.2) is 0 Å². The molecule has 4 N–H and O–H groups in total. The Hall–Kier alpha value is -2.41. The molecule has 154 valence electrons. The van der Waals surface area contributed by atoms with Crippen LogP contribution in [0.4, 0.5) is 4.79 Å². The fraction of sp³-hybridized carbons (Fsp3) is 0.571. The van der Waals surface area contributed by atoms with Crippen molar-refractivity contribution in [1.82, 2.24) is 15.5 Å². The van der Waals surface area contributed by atoms with Crippen molar-refractivity contribution in [2.45, 2.75) is 71.6 Å². The molecule has 4 amide bonds. The number of nitrogens with zero attached hydrogens (tertiary/aromatic N) is 1. The van der Waals surface area contributed by atoms with E-state index in [-0.39, 0.29) is 24.4 Å². The summed E-state index contributed by atoms with van der Waals surface area (Å²) in [4.78, 5) is 37.9. The number of carbonyl (C=O) groups is 3. The molecule has 0 bridgehead atoms. The number of rotatable bonds is 9. The predicted molar refractivity (Wildman–Crippen MR) is 108 cm³/mol. The van der Waals surface area contributed by atoms with Gasteiger partial charge >= 0.3 is 6.03 Å². The Kier molecular flexibility index (Phi) is 7.18. The molecule has 28 heavy (non-hydrogen) atoms. The molecule has 0 saturated carbocycles. The summed E-state index contributed by atoms with van der Waals surface area (Å²) in [6, 6.07) is 6.74. The number of benzene rings is 1. The van der Waals surface area contributed by atoms with Gasteiger partial charge in [-0.1, -0.05) is 51.5 Å². The molecule has 1 fully saturated rings. The molecular formula is C21H32N4O3. The third kappa shape index (κ3) is 5.55. The van der Waals surface area contributed by atoms with Gasteiger partial charge in [-0.2, -0.15) is 0 Å².